The lowest BCUT2D eigenvalue weighted by Crippen LogP contribution is -2.24. The van der Waals surface area contributed by atoms with Crippen molar-refractivity contribution in [2.75, 3.05) is 7.11 Å². The number of rotatable bonds is 4. The molecule has 0 amide bonds. The van der Waals surface area contributed by atoms with Gasteiger partial charge in [0.05, 0.1) is 7.11 Å². The van der Waals surface area contributed by atoms with Crippen molar-refractivity contribution in [3.63, 3.8) is 0 Å². The van der Waals surface area contributed by atoms with Crippen LogP contribution in [0.25, 0.3) is 0 Å². The molecule has 0 unspecified atom stereocenters. The maximum atomic E-state index is 11.9. The molecule has 0 aromatic heterocycles. The minimum atomic E-state index is -5.68. The average Bonchev–Trinajstić information content (AvgIpc) is 2.22. The first kappa shape index (κ1) is 16.5. The van der Waals surface area contributed by atoms with Crippen LogP contribution < -0.4 is 0 Å². The Bertz CT molecular complexity index is 473. The number of methoxy groups -OCH3 is 1. The van der Waals surface area contributed by atoms with Gasteiger partial charge in [-0.1, -0.05) is 0 Å². The quantitative estimate of drug-likeness (QED) is 0.197. The molecule has 0 spiro atoms. The molecule has 0 aliphatic heterocycles. The number of ether oxygens (including phenoxy) is 1. The zero-order valence-electron chi connectivity index (χ0n) is 9.74. The summed E-state index contributed by atoms with van der Waals surface area (Å²) in [5.74, 6) is -1.23. The first-order chi connectivity index (χ1) is 8.01. The number of carbonyl (C=O) groups is 1. The van der Waals surface area contributed by atoms with Crippen molar-refractivity contribution in [3.8, 4) is 0 Å². The monoisotopic (exact) mass is 288 g/mol. The number of hydrogen-bond acceptors (Lipinski definition) is 5. The Kier molecular flexibility index (Phi) is 5.40. The van der Waals surface area contributed by atoms with Gasteiger partial charge in [0, 0.05) is 5.57 Å². The molecule has 0 aliphatic carbocycles. The van der Waals surface area contributed by atoms with Crippen LogP contribution in [0.5, 0.6) is 0 Å². The molecule has 0 bridgehead atoms. The summed E-state index contributed by atoms with van der Waals surface area (Å²) in [5.41, 5.74) is -5.42. The fourth-order valence-corrected chi connectivity index (χ4v) is 1.22. The largest absolute Gasteiger partial charge is 0.534 e. The van der Waals surface area contributed by atoms with Crippen molar-refractivity contribution < 1.29 is 35.3 Å². The third kappa shape index (κ3) is 4.78. The Morgan fingerprint density at radius 1 is 1.17 bits per heavy atom. The number of halogens is 3. The molecule has 0 rings (SSSR count). The van der Waals surface area contributed by atoms with Gasteiger partial charge in [0.1, 0.15) is 5.76 Å². The summed E-state index contributed by atoms with van der Waals surface area (Å²) < 4.78 is 65.1. The smallest absolute Gasteiger partial charge is 0.466 e. The first-order valence-corrected chi connectivity index (χ1v) is 5.86. The van der Waals surface area contributed by atoms with Crippen LogP contribution >= 0.6 is 0 Å². The van der Waals surface area contributed by atoms with E-state index in [1.807, 2.05) is 0 Å². The molecule has 18 heavy (non-hydrogen) atoms. The molecule has 0 N–H and O–H groups in total. The molecule has 0 aromatic rings. The van der Waals surface area contributed by atoms with Crippen LogP contribution in [0.15, 0.2) is 23.5 Å². The van der Waals surface area contributed by atoms with E-state index in [1.54, 1.807) is 0 Å². The van der Waals surface area contributed by atoms with Crippen molar-refractivity contribution >= 4 is 16.1 Å². The van der Waals surface area contributed by atoms with Crippen LogP contribution in [0.4, 0.5) is 13.2 Å². The summed E-state index contributed by atoms with van der Waals surface area (Å²) in [7, 11) is -4.56. The minimum absolute atomic E-state index is 0.0739. The second kappa shape index (κ2) is 5.89. The van der Waals surface area contributed by atoms with E-state index in [1.165, 1.54) is 6.92 Å². The van der Waals surface area contributed by atoms with Gasteiger partial charge in [-0.2, -0.15) is 21.6 Å². The second-order valence-corrected chi connectivity index (χ2v) is 4.64. The maximum Gasteiger partial charge on any atom is 0.534 e. The number of hydrogen-bond donors (Lipinski definition) is 0. The zero-order chi connectivity index (χ0) is 14.6. The Morgan fingerprint density at radius 2 is 1.67 bits per heavy atom. The van der Waals surface area contributed by atoms with E-state index >= 15 is 0 Å². The van der Waals surface area contributed by atoms with Gasteiger partial charge in [0.2, 0.25) is 0 Å². The number of allylic oxidation sites excluding steroid dienone is 3. The van der Waals surface area contributed by atoms with Crippen LogP contribution in [0.2, 0.25) is 0 Å². The van der Waals surface area contributed by atoms with E-state index in [4.69, 9.17) is 0 Å². The van der Waals surface area contributed by atoms with Crippen molar-refractivity contribution in [2.24, 2.45) is 0 Å². The molecule has 0 atom stereocenters. The average molecular weight is 288 g/mol. The highest BCUT2D eigenvalue weighted by molar-refractivity contribution is 7.87. The normalized spacial score (nSPS) is 14.3. The molecular weight excluding hydrogens is 277 g/mol. The lowest BCUT2D eigenvalue weighted by molar-refractivity contribution is -0.136. The molecular formula is C9H11F3O5S. The van der Waals surface area contributed by atoms with Gasteiger partial charge in [-0.25, -0.2) is 4.79 Å². The summed E-state index contributed by atoms with van der Waals surface area (Å²) in [6.07, 6.45) is 1.99. The van der Waals surface area contributed by atoms with E-state index in [-0.39, 0.29) is 5.57 Å². The maximum absolute atomic E-state index is 11.9. The lowest BCUT2D eigenvalue weighted by atomic mass is 10.3. The van der Waals surface area contributed by atoms with E-state index in [0.29, 0.717) is 0 Å². The predicted molar refractivity (Wildman–Crippen MR) is 55.6 cm³/mol. The molecule has 5 nitrogen and oxygen atoms in total. The van der Waals surface area contributed by atoms with Crippen molar-refractivity contribution in [1.82, 2.24) is 0 Å². The van der Waals surface area contributed by atoms with E-state index in [2.05, 4.69) is 8.92 Å². The highest BCUT2D eigenvalue weighted by Gasteiger charge is 2.48. The number of carbonyl (C=O) groups excluding carboxylic acids is 1. The van der Waals surface area contributed by atoms with Gasteiger partial charge in [-0.15, -0.1) is 0 Å². The van der Waals surface area contributed by atoms with Gasteiger partial charge < -0.3 is 8.92 Å². The van der Waals surface area contributed by atoms with Crippen LogP contribution in [0.3, 0.4) is 0 Å². The molecule has 9 heteroatoms. The zero-order valence-corrected chi connectivity index (χ0v) is 10.6. The fraction of sp³-hybridized carbons (Fsp3) is 0.444. The van der Waals surface area contributed by atoms with Crippen molar-refractivity contribution in [1.29, 1.82) is 0 Å². The van der Waals surface area contributed by atoms with Crippen LogP contribution in [-0.4, -0.2) is 27.0 Å². The summed E-state index contributed by atoms with van der Waals surface area (Å²) in [5, 5.41) is 0. The molecule has 0 aliphatic rings. The standard InChI is InChI=1S/C9H11F3O5S/c1-6(8(13)16-3)4-5-7(2)17-18(14,15)9(10,11)12/h4-5H,1-3H3/b6-4+,7-5+. The third-order valence-electron chi connectivity index (χ3n) is 1.60. The van der Waals surface area contributed by atoms with E-state index in [0.717, 1.165) is 26.2 Å². The molecule has 104 valence electrons. The Morgan fingerprint density at radius 3 is 2.06 bits per heavy atom. The Hall–Kier alpha value is -1.51. The Labute approximate surface area is 102 Å². The van der Waals surface area contributed by atoms with Gasteiger partial charge in [-0.3, -0.25) is 0 Å². The highest BCUT2D eigenvalue weighted by atomic mass is 32.2. The minimum Gasteiger partial charge on any atom is -0.466 e. The van der Waals surface area contributed by atoms with Crippen molar-refractivity contribution in [2.45, 2.75) is 19.4 Å². The third-order valence-corrected chi connectivity index (χ3v) is 2.65. The number of alkyl halides is 3. The Balaban J connectivity index is 4.91. The number of esters is 1. The fourth-order valence-electron chi connectivity index (χ4n) is 0.719. The summed E-state index contributed by atoms with van der Waals surface area (Å²) in [4.78, 5) is 10.9. The van der Waals surface area contributed by atoms with Crippen LogP contribution in [-0.2, 0) is 23.8 Å². The van der Waals surface area contributed by atoms with Gasteiger partial charge in [0.15, 0.2) is 0 Å². The topological polar surface area (TPSA) is 69.7 Å². The molecule has 0 heterocycles. The molecule has 0 saturated carbocycles. The predicted octanol–water partition coefficient (Wildman–Crippen LogP) is 1.88. The van der Waals surface area contributed by atoms with E-state index in [9.17, 15) is 26.4 Å². The van der Waals surface area contributed by atoms with Gasteiger partial charge >= 0.3 is 21.6 Å². The molecule has 0 saturated heterocycles. The highest BCUT2D eigenvalue weighted by Crippen LogP contribution is 2.26. The molecule has 0 radical (unpaired) electrons. The van der Waals surface area contributed by atoms with Gasteiger partial charge in [-0.05, 0) is 26.0 Å². The molecule has 0 fully saturated rings. The summed E-state index contributed by atoms with van der Waals surface area (Å²) in [6.45, 7) is 2.35. The van der Waals surface area contributed by atoms with Crippen LogP contribution in [0, 0.1) is 0 Å². The van der Waals surface area contributed by atoms with Crippen LogP contribution in [0.1, 0.15) is 13.8 Å². The van der Waals surface area contributed by atoms with Crippen molar-refractivity contribution in [3.05, 3.63) is 23.5 Å². The van der Waals surface area contributed by atoms with Gasteiger partial charge in [0.25, 0.3) is 0 Å². The van der Waals surface area contributed by atoms with E-state index < -0.39 is 27.4 Å². The molecule has 0 aromatic carbocycles. The second-order valence-electron chi connectivity index (χ2n) is 3.10. The summed E-state index contributed by atoms with van der Waals surface area (Å²) in [6, 6.07) is 0. The first-order valence-electron chi connectivity index (χ1n) is 4.45. The SMILES string of the molecule is COC(=O)/C(C)=C/C=C(\C)OS(=O)(=O)C(F)(F)F. The lowest BCUT2D eigenvalue weighted by Gasteiger charge is -2.08. The summed E-state index contributed by atoms with van der Waals surface area (Å²) >= 11 is 0.